The first-order chi connectivity index (χ1) is 14.3. The Bertz CT molecular complexity index is 897. The lowest BCUT2D eigenvalue weighted by atomic mass is 10.2. The standard InChI is InChI=1S/C22H33N5O3/c1-6-25(7-2)21(28)15-24-9-8-10-26(12-11-24)22(29)19-13-16(3)27(18(19)5)20-14-17(4)30-23-20/h13-14H,6-12,15H2,1-5H3. The number of nitrogens with zero attached hydrogens (tertiary/aromatic N) is 5. The highest BCUT2D eigenvalue weighted by atomic mass is 16.5. The van der Waals surface area contributed by atoms with Crippen LogP contribution >= 0.6 is 0 Å². The molecule has 0 aromatic carbocycles. The Balaban J connectivity index is 1.69. The van der Waals surface area contributed by atoms with Crippen LogP contribution < -0.4 is 0 Å². The lowest BCUT2D eigenvalue weighted by molar-refractivity contribution is -0.132. The van der Waals surface area contributed by atoms with E-state index < -0.39 is 0 Å². The summed E-state index contributed by atoms with van der Waals surface area (Å²) in [6.07, 6.45) is 0.860. The monoisotopic (exact) mass is 415 g/mol. The molecule has 0 atom stereocenters. The van der Waals surface area contributed by atoms with Gasteiger partial charge in [-0.1, -0.05) is 5.16 Å². The second-order valence-corrected chi connectivity index (χ2v) is 7.90. The quantitative estimate of drug-likeness (QED) is 0.724. The van der Waals surface area contributed by atoms with Crippen LogP contribution in [0.4, 0.5) is 0 Å². The molecule has 3 heterocycles. The molecule has 2 aromatic rings. The van der Waals surface area contributed by atoms with Gasteiger partial charge in [-0.3, -0.25) is 19.1 Å². The maximum absolute atomic E-state index is 13.3. The lowest BCUT2D eigenvalue weighted by Crippen LogP contribution is -2.42. The molecule has 164 valence electrons. The predicted molar refractivity (Wildman–Crippen MR) is 115 cm³/mol. The Morgan fingerprint density at radius 3 is 2.43 bits per heavy atom. The van der Waals surface area contributed by atoms with Crippen molar-refractivity contribution in [3.63, 3.8) is 0 Å². The molecule has 0 unspecified atom stereocenters. The van der Waals surface area contributed by atoms with Crippen molar-refractivity contribution < 1.29 is 14.1 Å². The largest absolute Gasteiger partial charge is 0.360 e. The maximum atomic E-state index is 13.3. The summed E-state index contributed by atoms with van der Waals surface area (Å²) >= 11 is 0. The SMILES string of the molecule is CCN(CC)C(=O)CN1CCCN(C(=O)c2cc(C)n(-c3cc(C)on3)c2C)CC1. The van der Waals surface area contributed by atoms with Crippen molar-refractivity contribution in [3.8, 4) is 5.82 Å². The van der Waals surface area contributed by atoms with Crippen molar-refractivity contribution in [1.29, 1.82) is 0 Å². The Morgan fingerprint density at radius 1 is 1.07 bits per heavy atom. The van der Waals surface area contributed by atoms with Gasteiger partial charge in [-0.05, 0) is 47.1 Å². The van der Waals surface area contributed by atoms with Gasteiger partial charge in [-0.15, -0.1) is 0 Å². The van der Waals surface area contributed by atoms with Crippen LogP contribution in [0, 0.1) is 20.8 Å². The zero-order valence-corrected chi connectivity index (χ0v) is 18.8. The summed E-state index contributed by atoms with van der Waals surface area (Å²) in [7, 11) is 0. The van der Waals surface area contributed by atoms with E-state index in [1.807, 2.05) is 61.1 Å². The lowest BCUT2D eigenvalue weighted by Gasteiger charge is -2.25. The van der Waals surface area contributed by atoms with Gasteiger partial charge in [0.2, 0.25) is 5.91 Å². The molecule has 8 nitrogen and oxygen atoms in total. The number of carbonyl (C=O) groups is 2. The van der Waals surface area contributed by atoms with Crippen LogP contribution in [0.1, 0.15) is 47.8 Å². The van der Waals surface area contributed by atoms with E-state index >= 15 is 0 Å². The summed E-state index contributed by atoms with van der Waals surface area (Å²) in [6, 6.07) is 3.79. The highest BCUT2D eigenvalue weighted by Gasteiger charge is 2.26. The van der Waals surface area contributed by atoms with Gasteiger partial charge in [0, 0.05) is 56.7 Å². The molecular weight excluding hydrogens is 382 g/mol. The van der Waals surface area contributed by atoms with Crippen molar-refractivity contribution in [2.24, 2.45) is 0 Å². The third-order valence-electron chi connectivity index (χ3n) is 5.86. The van der Waals surface area contributed by atoms with Crippen LogP contribution in [0.2, 0.25) is 0 Å². The van der Waals surface area contributed by atoms with Crippen LogP contribution in [0.5, 0.6) is 0 Å². The fraction of sp³-hybridized carbons (Fsp3) is 0.591. The zero-order chi connectivity index (χ0) is 21.8. The third-order valence-corrected chi connectivity index (χ3v) is 5.86. The highest BCUT2D eigenvalue weighted by molar-refractivity contribution is 5.96. The molecule has 1 saturated heterocycles. The van der Waals surface area contributed by atoms with E-state index in [1.54, 1.807) is 0 Å². The van der Waals surface area contributed by atoms with Gasteiger partial charge in [0.05, 0.1) is 12.1 Å². The second-order valence-electron chi connectivity index (χ2n) is 7.90. The number of rotatable bonds is 6. The fourth-order valence-electron chi connectivity index (χ4n) is 4.16. The van der Waals surface area contributed by atoms with Gasteiger partial charge >= 0.3 is 0 Å². The van der Waals surface area contributed by atoms with Crippen LogP contribution in [-0.4, -0.2) is 82.1 Å². The smallest absolute Gasteiger partial charge is 0.255 e. The topological polar surface area (TPSA) is 74.8 Å². The van der Waals surface area contributed by atoms with Gasteiger partial charge < -0.3 is 14.3 Å². The maximum Gasteiger partial charge on any atom is 0.255 e. The molecule has 1 fully saturated rings. The summed E-state index contributed by atoms with van der Waals surface area (Å²) in [6.45, 7) is 14.5. The summed E-state index contributed by atoms with van der Waals surface area (Å²) in [5.41, 5.74) is 2.51. The van der Waals surface area contributed by atoms with Crippen molar-refractivity contribution >= 4 is 11.8 Å². The Kier molecular flexibility index (Phi) is 6.97. The van der Waals surface area contributed by atoms with E-state index in [0.29, 0.717) is 37.6 Å². The molecule has 0 saturated carbocycles. The summed E-state index contributed by atoms with van der Waals surface area (Å²) in [5.74, 6) is 1.62. The van der Waals surface area contributed by atoms with Gasteiger partial charge in [-0.2, -0.15) is 0 Å². The van der Waals surface area contributed by atoms with Crippen molar-refractivity contribution in [3.05, 3.63) is 34.8 Å². The fourth-order valence-corrected chi connectivity index (χ4v) is 4.16. The van der Waals surface area contributed by atoms with E-state index in [-0.39, 0.29) is 11.8 Å². The molecule has 8 heteroatoms. The number of likely N-dealkylation sites (N-methyl/N-ethyl adjacent to an activating group) is 1. The third kappa shape index (κ3) is 4.59. The van der Waals surface area contributed by atoms with Crippen molar-refractivity contribution in [2.45, 2.75) is 41.0 Å². The van der Waals surface area contributed by atoms with Gasteiger partial charge in [0.25, 0.3) is 5.91 Å². The number of aryl methyl sites for hydroxylation is 2. The summed E-state index contributed by atoms with van der Waals surface area (Å²) in [5, 5.41) is 4.09. The molecule has 30 heavy (non-hydrogen) atoms. The molecule has 3 rings (SSSR count). The molecular formula is C22H33N5O3. The average Bonchev–Trinajstić information content (AvgIpc) is 3.16. The average molecular weight is 416 g/mol. The van der Waals surface area contributed by atoms with Gasteiger partial charge in [0.15, 0.2) is 5.82 Å². The first-order valence-electron chi connectivity index (χ1n) is 10.8. The van der Waals surface area contributed by atoms with Crippen LogP contribution in [0.3, 0.4) is 0 Å². The Hall–Kier alpha value is -2.61. The second kappa shape index (κ2) is 9.47. The Labute approximate surface area is 178 Å². The molecule has 0 spiro atoms. The number of aromatic nitrogens is 2. The van der Waals surface area contributed by atoms with Crippen LogP contribution in [0.15, 0.2) is 16.7 Å². The molecule has 0 radical (unpaired) electrons. The molecule has 0 aliphatic carbocycles. The number of amides is 2. The van der Waals surface area contributed by atoms with Crippen molar-refractivity contribution in [2.75, 3.05) is 45.8 Å². The first kappa shape index (κ1) is 22.1. The zero-order valence-electron chi connectivity index (χ0n) is 18.8. The van der Waals surface area contributed by atoms with Crippen LogP contribution in [0.25, 0.3) is 5.82 Å². The molecule has 0 bridgehead atoms. The van der Waals surface area contributed by atoms with E-state index in [2.05, 4.69) is 10.1 Å². The number of hydrogen-bond acceptors (Lipinski definition) is 5. The normalized spacial score (nSPS) is 15.3. The minimum Gasteiger partial charge on any atom is -0.360 e. The van der Waals surface area contributed by atoms with Gasteiger partial charge in [-0.25, -0.2) is 0 Å². The molecule has 1 aliphatic rings. The predicted octanol–water partition coefficient (Wildman–Crippen LogP) is 2.41. The minimum absolute atomic E-state index is 0.0338. The molecule has 1 aliphatic heterocycles. The van der Waals surface area contributed by atoms with Crippen LogP contribution in [-0.2, 0) is 4.79 Å². The van der Waals surface area contributed by atoms with E-state index in [1.165, 1.54) is 0 Å². The van der Waals surface area contributed by atoms with E-state index in [4.69, 9.17) is 4.52 Å². The number of carbonyl (C=O) groups excluding carboxylic acids is 2. The summed E-state index contributed by atoms with van der Waals surface area (Å²) in [4.78, 5) is 31.6. The van der Waals surface area contributed by atoms with E-state index in [9.17, 15) is 9.59 Å². The van der Waals surface area contributed by atoms with E-state index in [0.717, 1.165) is 43.2 Å². The van der Waals surface area contributed by atoms with Gasteiger partial charge in [0.1, 0.15) is 5.76 Å². The molecule has 2 aromatic heterocycles. The molecule has 0 N–H and O–H groups in total. The number of hydrogen-bond donors (Lipinski definition) is 0. The summed E-state index contributed by atoms with van der Waals surface area (Å²) < 4.78 is 7.16. The first-order valence-corrected chi connectivity index (χ1v) is 10.8. The molecule has 2 amide bonds. The highest BCUT2D eigenvalue weighted by Crippen LogP contribution is 2.22. The minimum atomic E-state index is 0.0338. The Morgan fingerprint density at radius 2 is 1.80 bits per heavy atom. The van der Waals surface area contributed by atoms with Crippen molar-refractivity contribution in [1.82, 2.24) is 24.4 Å².